The van der Waals surface area contributed by atoms with E-state index >= 15 is 0 Å². The molecule has 0 radical (unpaired) electrons. The third kappa shape index (κ3) is 2.27. The first-order valence-corrected chi connectivity index (χ1v) is 6.73. The van der Waals surface area contributed by atoms with E-state index in [0.717, 1.165) is 15.4 Å². The Balaban J connectivity index is 2.41. The third-order valence-electron chi connectivity index (χ3n) is 3.42. The van der Waals surface area contributed by atoms with Crippen molar-refractivity contribution in [2.75, 3.05) is 0 Å². The van der Waals surface area contributed by atoms with Gasteiger partial charge in [-0.05, 0) is 36.2 Å². The van der Waals surface area contributed by atoms with Crippen LogP contribution in [-0.2, 0) is 0 Å². The van der Waals surface area contributed by atoms with E-state index in [1.54, 1.807) is 19.1 Å². The van der Waals surface area contributed by atoms with Gasteiger partial charge in [0, 0.05) is 5.71 Å². The molecule has 0 spiro atoms. The fourth-order valence-electron chi connectivity index (χ4n) is 2.13. The van der Waals surface area contributed by atoms with Crippen LogP contribution in [-0.4, -0.2) is 10.4 Å². The van der Waals surface area contributed by atoms with Crippen LogP contribution in [0.2, 0.25) is 0 Å². The molecule has 0 aliphatic heterocycles. The molecule has 106 valence electrons. The highest BCUT2D eigenvalue weighted by Crippen LogP contribution is 2.19. The molecule has 0 aliphatic carbocycles. The van der Waals surface area contributed by atoms with Crippen LogP contribution < -0.4 is 11.3 Å². The van der Waals surface area contributed by atoms with Gasteiger partial charge in [-0.25, -0.2) is 4.79 Å². The zero-order chi connectivity index (χ0) is 15.0. The summed E-state index contributed by atoms with van der Waals surface area (Å²) in [6.07, 6.45) is 0.654. The largest absolute Gasteiger partial charge is 0.443 e. The Morgan fingerprint density at radius 1 is 1.19 bits per heavy atom. The van der Waals surface area contributed by atoms with Crippen molar-refractivity contribution in [1.29, 1.82) is 0 Å². The van der Waals surface area contributed by atoms with Gasteiger partial charge in [0.1, 0.15) is 5.58 Å². The lowest BCUT2D eigenvalue weighted by Gasteiger charge is -2.03. The summed E-state index contributed by atoms with van der Waals surface area (Å²) in [7, 11) is 0. The Labute approximate surface area is 120 Å². The molecule has 0 unspecified atom stereocenters. The Hall–Kier alpha value is -2.69. The van der Waals surface area contributed by atoms with Crippen LogP contribution in [0.4, 0.5) is 0 Å². The molecular weight excluding hydrogens is 268 g/mol. The summed E-state index contributed by atoms with van der Waals surface area (Å²) in [5, 5.41) is 6.20. The molecule has 3 aromatic rings. The standard InChI is InChI=1S/C16H14N2O3/c1-3-10(2)17-18-15(19)13-8-11-6-4-5-7-12(11)9-14(13)21-16(18)20/h4-9H,3H2,1-2H3/b17-10+. The highest BCUT2D eigenvalue weighted by atomic mass is 16.4. The van der Waals surface area contributed by atoms with E-state index < -0.39 is 11.3 Å². The smallest absolute Gasteiger partial charge is 0.408 e. The Bertz CT molecular complexity index is 980. The van der Waals surface area contributed by atoms with Crippen molar-refractivity contribution < 1.29 is 4.42 Å². The molecule has 0 saturated carbocycles. The molecule has 0 bridgehead atoms. The maximum atomic E-state index is 12.4. The topological polar surface area (TPSA) is 64.6 Å². The molecule has 1 aromatic heterocycles. The van der Waals surface area contributed by atoms with Gasteiger partial charge in [0.05, 0.1) is 5.39 Å². The molecule has 0 saturated heterocycles. The lowest BCUT2D eigenvalue weighted by Crippen LogP contribution is -2.30. The zero-order valence-corrected chi connectivity index (χ0v) is 11.8. The number of rotatable bonds is 2. The Morgan fingerprint density at radius 2 is 1.86 bits per heavy atom. The number of nitrogens with zero attached hydrogens (tertiary/aromatic N) is 2. The molecule has 5 heteroatoms. The van der Waals surface area contributed by atoms with Gasteiger partial charge in [0.15, 0.2) is 0 Å². The predicted octanol–water partition coefficient (Wildman–Crippen LogP) is 2.74. The molecule has 0 atom stereocenters. The van der Waals surface area contributed by atoms with Crippen molar-refractivity contribution in [3.05, 3.63) is 57.3 Å². The van der Waals surface area contributed by atoms with Gasteiger partial charge in [-0.15, -0.1) is 4.68 Å². The summed E-state index contributed by atoms with van der Waals surface area (Å²) in [5.41, 5.74) is 0.508. The summed E-state index contributed by atoms with van der Waals surface area (Å²) < 4.78 is 6.02. The Kier molecular flexibility index (Phi) is 3.17. The fourth-order valence-corrected chi connectivity index (χ4v) is 2.13. The number of hydrogen-bond donors (Lipinski definition) is 0. The molecule has 2 aromatic carbocycles. The highest BCUT2D eigenvalue weighted by Gasteiger charge is 2.10. The highest BCUT2D eigenvalue weighted by molar-refractivity contribution is 5.95. The number of hydrogen-bond acceptors (Lipinski definition) is 4. The second-order valence-corrected chi connectivity index (χ2v) is 4.87. The molecular formula is C16H14N2O3. The summed E-state index contributed by atoms with van der Waals surface area (Å²) >= 11 is 0. The lowest BCUT2D eigenvalue weighted by molar-refractivity contribution is 0.480. The normalized spacial score (nSPS) is 12.2. The molecule has 0 amide bonds. The molecule has 21 heavy (non-hydrogen) atoms. The van der Waals surface area contributed by atoms with E-state index in [1.165, 1.54) is 0 Å². The summed E-state index contributed by atoms with van der Waals surface area (Å²) in [5.74, 6) is -0.768. The first kappa shape index (κ1) is 13.3. The van der Waals surface area contributed by atoms with E-state index in [-0.39, 0.29) is 5.58 Å². The fraction of sp³-hybridized carbons (Fsp3) is 0.188. The van der Waals surface area contributed by atoms with E-state index in [1.807, 2.05) is 31.2 Å². The quantitative estimate of drug-likeness (QED) is 0.536. The van der Waals surface area contributed by atoms with E-state index in [4.69, 9.17) is 4.42 Å². The summed E-state index contributed by atoms with van der Waals surface area (Å²) in [6.45, 7) is 3.66. The molecule has 0 fully saturated rings. The van der Waals surface area contributed by atoms with Crippen molar-refractivity contribution >= 4 is 27.5 Å². The first-order valence-electron chi connectivity index (χ1n) is 6.73. The van der Waals surface area contributed by atoms with Gasteiger partial charge in [-0.3, -0.25) is 4.79 Å². The van der Waals surface area contributed by atoms with E-state index in [0.29, 0.717) is 17.5 Å². The average Bonchev–Trinajstić information content (AvgIpc) is 2.49. The minimum atomic E-state index is -0.768. The van der Waals surface area contributed by atoms with Crippen LogP contribution >= 0.6 is 0 Å². The second-order valence-electron chi connectivity index (χ2n) is 4.87. The van der Waals surface area contributed by atoms with Crippen LogP contribution in [0.5, 0.6) is 0 Å². The SMILES string of the molecule is CC/C(C)=N/n1c(=O)oc2cc3ccccc3cc2c1=O. The van der Waals surface area contributed by atoms with Gasteiger partial charge in [-0.2, -0.15) is 5.10 Å². The summed E-state index contributed by atoms with van der Waals surface area (Å²) in [4.78, 5) is 24.4. The molecule has 0 N–H and O–H groups in total. The maximum absolute atomic E-state index is 12.4. The monoisotopic (exact) mass is 282 g/mol. The van der Waals surface area contributed by atoms with Crippen LogP contribution in [0.1, 0.15) is 20.3 Å². The molecule has 5 nitrogen and oxygen atoms in total. The van der Waals surface area contributed by atoms with Gasteiger partial charge in [0.2, 0.25) is 0 Å². The van der Waals surface area contributed by atoms with Crippen molar-refractivity contribution in [2.24, 2.45) is 5.10 Å². The van der Waals surface area contributed by atoms with E-state index in [9.17, 15) is 9.59 Å². The van der Waals surface area contributed by atoms with Crippen molar-refractivity contribution in [3.8, 4) is 0 Å². The first-order chi connectivity index (χ1) is 10.1. The van der Waals surface area contributed by atoms with Gasteiger partial charge >= 0.3 is 5.76 Å². The second kappa shape index (κ2) is 5.01. The average molecular weight is 282 g/mol. The zero-order valence-electron chi connectivity index (χ0n) is 11.8. The van der Waals surface area contributed by atoms with Crippen LogP contribution in [0.15, 0.2) is 55.5 Å². The Morgan fingerprint density at radius 3 is 2.52 bits per heavy atom. The lowest BCUT2D eigenvalue weighted by atomic mass is 10.1. The third-order valence-corrected chi connectivity index (χ3v) is 3.42. The van der Waals surface area contributed by atoms with Crippen LogP contribution in [0.3, 0.4) is 0 Å². The van der Waals surface area contributed by atoms with Gasteiger partial charge in [-0.1, -0.05) is 31.2 Å². The number of fused-ring (bicyclic) bond motifs is 2. The molecule has 1 heterocycles. The predicted molar refractivity (Wildman–Crippen MR) is 83.0 cm³/mol. The molecule has 0 aliphatic rings. The summed E-state index contributed by atoms with van der Waals surface area (Å²) in [6, 6.07) is 11.0. The minimum Gasteiger partial charge on any atom is -0.408 e. The minimum absolute atomic E-state index is 0.282. The van der Waals surface area contributed by atoms with Crippen molar-refractivity contribution in [3.63, 3.8) is 0 Å². The van der Waals surface area contributed by atoms with Crippen molar-refractivity contribution in [1.82, 2.24) is 4.68 Å². The van der Waals surface area contributed by atoms with Gasteiger partial charge in [0.25, 0.3) is 5.56 Å². The van der Waals surface area contributed by atoms with Gasteiger partial charge < -0.3 is 4.42 Å². The van der Waals surface area contributed by atoms with Crippen molar-refractivity contribution in [2.45, 2.75) is 20.3 Å². The number of aromatic nitrogens is 1. The van der Waals surface area contributed by atoms with Crippen LogP contribution in [0, 0.1) is 0 Å². The number of benzene rings is 2. The maximum Gasteiger partial charge on any atom is 0.443 e. The van der Waals surface area contributed by atoms with Crippen LogP contribution in [0.25, 0.3) is 21.7 Å². The van der Waals surface area contributed by atoms with E-state index in [2.05, 4.69) is 5.10 Å². The molecule has 3 rings (SSSR count).